The number of hydrogen-bond donors (Lipinski definition) is 10. The highest BCUT2D eigenvalue weighted by Crippen LogP contribution is 2.21. The van der Waals surface area contributed by atoms with Crippen LogP contribution in [0.2, 0.25) is 0 Å². The Morgan fingerprint density at radius 2 is 1.08 bits per heavy atom. The van der Waals surface area contributed by atoms with Gasteiger partial charge >= 0.3 is 8.60 Å². The van der Waals surface area contributed by atoms with Crippen molar-refractivity contribution in [3.63, 3.8) is 0 Å². The van der Waals surface area contributed by atoms with Crippen LogP contribution in [0.3, 0.4) is 0 Å². The van der Waals surface area contributed by atoms with Crippen molar-refractivity contribution >= 4 is 8.60 Å². The molecule has 0 aliphatic heterocycles. The monoisotopic (exact) mass is 410 g/mol. The lowest BCUT2D eigenvalue weighted by molar-refractivity contribution is -0.319. The first kappa shape index (κ1) is 28.1. The van der Waals surface area contributed by atoms with Crippen LogP contribution in [0, 0.1) is 10.8 Å². The van der Waals surface area contributed by atoms with Crippen LogP contribution in [0.1, 0.15) is 0 Å². The van der Waals surface area contributed by atoms with Gasteiger partial charge in [-0.2, -0.15) is 0 Å². The Kier molecular flexibility index (Phi) is 17.2. The largest absolute Gasteiger partial charge is 0.396 e. The van der Waals surface area contributed by atoms with Gasteiger partial charge in [0.25, 0.3) is 0 Å². The molecule has 14 heteroatoms. The predicted octanol–water partition coefficient (Wildman–Crippen LogP) is -4.68. The van der Waals surface area contributed by atoms with Crippen molar-refractivity contribution in [2.45, 2.75) is 6.17 Å². The molecule has 0 amide bonds. The average molecular weight is 410 g/mol. The lowest BCUT2D eigenvalue weighted by atomic mass is 9.91. The molecule has 0 heterocycles. The van der Waals surface area contributed by atoms with Crippen LogP contribution in [0.15, 0.2) is 0 Å². The van der Waals surface area contributed by atoms with Gasteiger partial charge in [-0.3, -0.25) is 0 Å². The van der Waals surface area contributed by atoms with Crippen LogP contribution in [0.25, 0.3) is 0 Å². The smallest absolute Gasteiger partial charge is 0.324 e. The number of nitrogens with two attached hydrogens (primary N) is 2. The highest BCUT2D eigenvalue weighted by Gasteiger charge is 2.34. The summed E-state index contributed by atoms with van der Waals surface area (Å²) in [5.74, 6) is 0. The molecule has 0 unspecified atom stereocenters. The summed E-state index contributed by atoms with van der Waals surface area (Å²) in [4.78, 5) is 31.3. The number of aliphatic hydroxyl groups is 5. The van der Waals surface area contributed by atoms with Crippen LogP contribution in [0.4, 0.5) is 0 Å². The van der Waals surface area contributed by atoms with E-state index in [1.165, 1.54) is 0 Å². The van der Waals surface area contributed by atoms with E-state index in [2.05, 4.69) is 0 Å². The zero-order valence-electron chi connectivity index (χ0n) is 14.3. The van der Waals surface area contributed by atoms with E-state index in [0.717, 1.165) is 0 Å². The minimum Gasteiger partial charge on any atom is -0.396 e. The molecule has 160 valence electrons. The van der Waals surface area contributed by atoms with Crippen LogP contribution >= 0.6 is 8.60 Å². The summed E-state index contributed by atoms with van der Waals surface area (Å²) >= 11 is 0. The third-order valence-corrected chi connectivity index (χ3v) is 3.20. The van der Waals surface area contributed by atoms with E-state index in [1.54, 1.807) is 0 Å². The Bertz CT molecular complexity index is 307. The lowest BCUT2D eigenvalue weighted by Gasteiger charge is -2.32. The maximum atomic E-state index is 9.41. The summed E-state index contributed by atoms with van der Waals surface area (Å²) in [5.41, 5.74) is 8.18. The summed E-state index contributed by atoms with van der Waals surface area (Å²) in [5, 5.41) is 46.4. The molecule has 0 saturated carbocycles. The zero-order valence-corrected chi connectivity index (χ0v) is 15.2. The van der Waals surface area contributed by atoms with Crippen molar-refractivity contribution in [2.24, 2.45) is 22.3 Å². The van der Waals surface area contributed by atoms with Crippen molar-refractivity contribution in [1.29, 1.82) is 0 Å². The summed E-state index contributed by atoms with van der Waals surface area (Å²) in [7, 11) is -2.62. The Labute approximate surface area is 152 Å². The molecule has 0 bridgehead atoms. The minimum atomic E-state index is -2.62. The van der Waals surface area contributed by atoms with Gasteiger partial charge in [0, 0.05) is 0 Å². The maximum Gasteiger partial charge on any atom is 0.324 e. The van der Waals surface area contributed by atoms with Gasteiger partial charge in [-0.1, -0.05) is 0 Å². The molecule has 0 rings (SSSR count). The lowest BCUT2D eigenvalue weighted by Crippen LogP contribution is -2.44. The average Bonchev–Trinajstić information content (AvgIpc) is 2.60. The normalized spacial score (nSPS) is 12.5. The zero-order chi connectivity index (χ0) is 20.6. The van der Waals surface area contributed by atoms with E-state index in [-0.39, 0.29) is 26.4 Å². The van der Waals surface area contributed by atoms with Gasteiger partial charge in [0.05, 0.1) is 69.9 Å². The van der Waals surface area contributed by atoms with Crippen LogP contribution in [0.5, 0.6) is 0 Å². The summed E-state index contributed by atoms with van der Waals surface area (Å²) in [6, 6.07) is 0. The van der Waals surface area contributed by atoms with Crippen molar-refractivity contribution < 1.29 is 54.7 Å². The third-order valence-electron chi connectivity index (χ3n) is 3.20. The quantitative estimate of drug-likeness (QED) is 0.0426. The molecular formula is C12H31N2O11P. The van der Waals surface area contributed by atoms with E-state index >= 15 is 0 Å². The topological polar surface area (TPSA) is 242 Å². The highest BCUT2D eigenvalue weighted by molar-refractivity contribution is 7.38. The molecule has 0 aromatic rings. The first-order chi connectivity index (χ1) is 12.2. The molecule has 12 N–H and O–H groups in total. The van der Waals surface area contributed by atoms with Gasteiger partial charge in [-0.15, -0.1) is 0 Å². The van der Waals surface area contributed by atoms with Gasteiger partial charge in [0.15, 0.2) is 0 Å². The van der Waals surface area contributed by atoms with Gasteiger partial charge in [-0.25, -0.2) is 9.78 Å². The number of rotatable bonds is 14. The molecular weight excluding hydrogens is 379 g/mol. The maximum absolute atomic E-state index is 9.41. The molecule has 0 aliphatic rings. The third kappa shape index (κ3) is 13.1. The van der Waals surface area contributed by atoms with Crippen molar-refractivity contribution in [3.8, 4) is 0 Å². The number of ether oxygens (including phenoxy) is 1. The standard InChI is InChI=1S/C12H28N2O8.H3O3P/c13-10(14)1-21-22-9-12(5-18,6-19)8-20-7-11(2-15,3-16)4-17;1-4(2)3/h10,15-19H,1-9,13-14H2;1-3H. The molecule has 26 heavy (non-hydrogen) atoms. The molecule has 0 spiro atoms. The summed E-state index contributed by atoms with van der Waals surface area (Å²) in [6.45, 7) is -2.87. The van der Waals surface area contributed by atoms with Crippen LogP contribution < -0.4 is 11.5 Å². The van der Waals surface area contributed by atoms with E-state index < -0.39 is 58.6 Å². The van der Waals surface area contributed by atoms with Gasteiger partial charge in [0.2, 0.25) is 0 Å². The Morgan fingerprint density at radius 1 is 0.692 bits per heavy atom. The second kappa shape index (κ2) is 15.9. The molecule has 0 saturated heterocycles. The Balaban J connectivity index is 0. The summed E-state index contributed by atoms with van der Waals surface area (Å²) in [6.07, 6.45) is -0.715. The molecule has 13 nitrogen and oxygen atoms in total. The van der Waals surface area contributed by atoms with Crippen molar-refractivity contribution in [1.82, 2.24) is 0 Å². The molecule has 0 aromatic carbocycles. The fraction of sp³-hybridized carbons (Fsp3) is 1.00. The molecule has 0 aromatic heterocycles. The molecule has 0 radical (unpaired) electrons. The van der Waals surface area contributed by atoms with Crippen molar-refractivity contribution in [2.75, 3.05) is 59.5 Å². The first-order valence-electron chi connectivity index (χ1n) is 7.41. The Morgan fingerprint density at radius 3 is 1.42 bits per heavy atom. The Hall–Kier alpha value is -0.0900. The van der Waals surface area contributed by atoms with Gasteiger partial charge in [-0.05, 0) is 0 Å². The van der Waals surface area contributed by atoms with E-state index in [0.29, 0.717) is 0 Å². The molecule has 0 fully saturated rings. The molecule has 0 aliphatic carbocycles. The van der Waals surface area contributed by atoms with Gasteiger partial charge in [0.1, 0.15) is 6.61 Å². The van der Waals surface area contributed by atoms with E-state index in [9.17, 15) is 25.5 Å². The van der Waals surface area contributed by atoms with E-state index in [1.807, 2.05) is 0 Å². The second-order valence-electron chi connectivity index (χ2n) is 5.76. The van der Waals surface area contributed by atoms with E-state index in [4.69, 9.17) is 40.7 Å². The fourth-order valence-corrected chi connectivity index (χ4v) is 1.34. The van der Waals surface area contributed by atoms with Crippen LogP contribution in [-0.2, 0) is 14.5 Å². The first-order valence-corrected chi connectivity index (χ1v) is 8.61. The van der Waals surface area contributed by atoms with Crippen molar-refractivity contribution in [3.05, 3.63) is 0 Å². The second-order valence-corrected chi connectivity index (χ2v) is 6.30. The SMILES string of the molecule is NC(N)COOCC(CO)(CO)COCC(CO)(CO)CO.OP(O)O. The van der Waals surface area contributed by atoms with Crippen LogP contribution in [-0.4, -0.2) is 106 Å². The molecule has 0 atom stereocenters. The van der Waals surface area contributed by atoms with Gasteiger partial charge < -0.3 is 56.4 Å². The minimum absolute atomic E-state index is 0.0591. The number of hydrogen-bond acceptors (Lipinski definition) is 13. The predicted molar refractivity (Wildman–Crippen MR) is 88.8 cm³/mol. The number of aliphatic hydroxyl groups excluding tert-OH is 5. The fourth-order valence-electron chi connectivity index (χ4n) is 1.34. The highest BCUT2D eigenvalue weighted by atomic mass is 31.2. The summed E-state index contributed by atoms with van der Waals surface area (Å²) < 4.78 is 5.31.